The normalized spacial score (nSPS) is 24.7. The molecule has 2 atom stereocenters. The molecule has 2 aliphatic heterocycles. The number of carbonyl (C=O) groups excluding carboxylic acids is 1. The molecule has 1 aromatic heterocycles. The van der Waals surface area contributed by atoms with Gasteiger partial charge in [0.1, 0.15) is 0 Å². The number of methoxy groups -OCH3 is 1. The number of hydrogen-bond donors (Lipinski definition) is 0. The number of ether oxygens (including phenoxy) is 2. The van der Waals surface area contributed by atoms with Crippen LogP contribution in [0, 0.1) is 18.3 Å². The highest BCUT2D eigenvalue weighted by molar-refractivity contribution is 6.02. The summed E-state index contributed by atoms with van der Waals surface area (Å²) in [4.78, 5) is 19.8. The zero-order chi connectivity index (χ0) is 18.1. The first-order valence-corrected chi connectivity index (χ1v) is 9.01. The van der Waals surface area contributed by atoms with Gasteiger partial charge in [0.25, 0.3) is 5.91 Å². The van der Waals surface area contributed by atoms with Crippen molar-refractivity contribution in [3.05, 3.63) is 53.9 Å². The molecule has 5 nitrogen and oxygen atoms in total. The van der Waals surface area contributed by atoms with Crippen LogP contribution in [0.3, 0.4) is 0 Å². The van der Waals surface area contributed by atoms with Crippen LogP contribution in [0.15, 0.2) is 42.6 Å². The molecule has 1 aromatic carbocycles. The molecule has 0 spiro atoms. The van der Waals surface area contributed by atoms with E-state index >= 15 is 0 Å². The molecule has 2 fully saturated rings. The Kier molecular flexibility index (Phi) is 4.51. The standard InChI is InChI=1S/C21H24N2O3/c1-15-19(18(8-9-22-15)16-6-4-3-5-7-16)20(24)23-10-17-11-26-14-21(17,12-23)13-25-2/h3-9,17H,10-14H2,1-2H3/t17-,21-/m0/s1. The quantitative estimate of drug-likeness (QED) is 0.849. The van der Waals surface area contributed by atoms with Gasteiger partial charge in [0.2, 0.25) is 0 Å². The number of aromatic nitrogens is 1. The molecule has 26 heavy (non-hydrogen) atoms. The lowest BCUT2D eigenvalue weighted by atomic mass is 9.82. The fourth-order valence-corrected chi connectivity index (χ4v) is 4.33. The lowest BCUT2D eigenvalue weighted by Gasteiger charge is -2.26. The van der Waals surface area contributed by atoms with Crippen molar-refractivity contribution in [3.63, 3.8) is 0 Å². The lowest BCUT2D eigenvalue weighted by Crippen LogP contribution is -2.37. The molecule has 5 heteroatoms. The van der Waals surface area contributed by atoms with Crippen molar-refractivity contribution in [1.29, 1.82) is 0 Å². The molecule has 3 heterocycles. The highest BCUT2D eigenvalue weighted by Gasteiger charge is 2.52. The summed E-state index contributed by atoms with van der Waals surface area (Å²) in [6.45, 7) is 5.28. The molecule has 2 saturated heterocycles. The molecule has 2 aromatic rings. The summed E-state index contributed by atoms with van der Waals surface area (Å²) in [5.41, 5.74) is 3.37. The van der Waals surface area contributed by atoms with Crippen molar-refractivity contribution < 1.29 is 14.3 Å². The second-order valence-corrected chi connectivity index (χ2v) is 7.38. The highest BCUT2D eigenvalue weighted by Crippen LogP contribution is 2.42. The predicted molar refractivity (Wildman–Crippen MR) is 98.9 cm³/mol. The van der Waals surface area contributed by atoms with Crippen LogP contribution < -0.4 is 0 Å². The number of fused-ring (bicyclic) bond motifs is 1. The fraction of sp³-hybridized carbons (Fsp3) is 0.429. The molecule has 2 aliphatic rings. The number of pyridine rings is 1. The van der Waals surface area contributed by atoms with Crippen molar-refractivity contribution in [2.24, 2.45) is 11.3 Å². The van der Waals surface area contributed by atoms with Crippen LogP contribution in [-0.2, 0) is 9.47 Å². The molecule has 1 amide bonds. The Morgan fingerprint density at radius 1 is 1.35 bits per heavy atom. The van der Waals surface area contributed by atoms with E-state index in [4.69, 9.17) is 9.47 Å². The minimum atomic E-state index is -0.0760. The van der Waals surface area contributed by atoms with Gasteiger partial charge in [-0.1, -0.05) is 30.3 Å². The van der Waals surface area contributed by atoms with Gasteiger partial charge in [0, 0.05) is 37.7 Å². The molecule has 0 bridgehead atoms. The Bertz CT molecular complexity index is 808. The lowest BCUT2D eigenvalue weighted by molar-refractivity contribution is 0.0489. The average Bonchev–Trinajstić information content (AvgIpc) is 3.19. The van der Waals surface area contributed by atoms with E-state index in [0.29, 0.717) is 44.4 Å². The van der Waals surface area contributed by atoms with Crippen molar-refractivity contribution >= 4 is 5.91 Å². The third-order valence-corrected chi connectivity index (χ3v) is 5.68. The number of amides is 1. The first kappa shape index (κ1) is 17.2. The number of nitrogens with zero attached hydrogens (tertiary/aromatic N) is 2. The van der Waals surface area contributed by atoms with Gasteiger partial charge in [-0.05, 0) is 24.1 Å². The fourth-order valence-electron chi connectivity index (χ4n) is 4.33. The third-order valence-electron chi connectivity index (χ3n) is 5.68. The second kappa shape index (κ2) is 6.82. The molecule has 0 aliphatic carbocycles. The van der Waals surface area contributed by atoms with Gasteiger partial charge in [-0.15, -0.1) is 0 Å². The van der Waals surface area contributed by atoms with Gasteiger partial charge in [0.05, 0.1) is 31.1 Å². The van der Waals surface area contributed by atoms with E-state index in [0.717, 1.165) is 16.8 Å². The van der Waals surface area contributed by atoms with Crippen LogP contribution in [0.5, 0.6) is 0 Å². The predicted octanol–water partition coefficient (Wildman–Crippen LogP) is 2.79. The molecular formula is C21H24N2O3. The van der Waals surface area contributed by atoms with Crippen LogP contribution in [0.25, 0.3) is 11.1 Å². The average molecular weight is 352 g/mol. The van der Waals surface area contributed by atoms with Crippen molar-refractivity contribution in [2.75, 3.05) is 40.0 Å². The van der Waals surface area contributed by atoms with Gasteiger partial charge in [0.15, 0.2) is 0 Å². The summed E-state index contributed by atoms with van der Waals surface area (Å²) < 4.78 is 11.1. The summed E-state index contributed by atoms with van der Waals surface area (Å²) >= 11 is 0. The SMILES string of the molecule is COC[C@@]12COC[C@@H]1CN(C(=O)c1c(-c3ccccc3)ccnc1C)C2. The summed E-state index contributed by atoms with van der Waals surface area (Å²) in [5, 5.41) is 0. The molecule has 0 radical (unpaired) electrons. The minimum absolute atomic E-state index is 0.0549. The van der Waals surface area contributed by atoms with E-state index in [1.165, 1.54) is 0 Å². The van der Waals surface area contributed by atoms with E-state index in [9.17, 15) is 4.79 Å². The van der Waals surface area contributed by atoms with E-state index in [1.54, 1.807) is 13.3 Å². The maximum Gasteiger partial charge on any atom is 0.256 e. The summed E-state index contributed by atoms with van der Waals surface area (Å²) in [7, 11) is 1.72. The summed E-state index contributed by atoms with van der Waals surface area (Å²) in [6, 6.07) is 12.0. The van der Waals surface area contributed by atoms with Crippen molar-refractivity contribution in [2.45, 2.75) is 6.92 Å². The molecular weight excluding hydrogens is 328 g/mol. The third kappa shape index (κ3) is 2.81. The molecule has 4 rings (SSSR count). The monoisotopic (exact) mass is 352 g/mol. The topological polar surface area (TPSA) is 51.7 Å². The van der Waals surface area contributed by atoms with E-state index in [2.05, 4.69) is 4.98 Å². The van der Waals surface area contributed by atoms with Crippen LogP contribution in [-0.4, -0.2) is 55.8 Å². The van der Waals surface area contributed by atoms with Gasteiger partial charge in [-0.3, -0.25) is 9.78 Å². The Balaban J connectivity index is 1.68. The van der Waals surface area contributed by atoms with Gasteiger partial charge in [-0.2, -0.15) is 0 Å². The number of aryl methyl sites for hydroxylation is 1. The van der Waals surface area contributed by atoms with E-state index in [-0.39, 0.29) is 11.3 Å². The van der Waals surface area contributed by atoms with Crippen LogP contribution in [0.1, 0.15) is 16.1 Å². The maximum atomic E-state index is 13.4. The minimum Gasteiger partial charge on any atom is -0.384 e. The number of benzene rings is 1. The van der Waals surface area contributed by atoms with Crippen molar-refractivity contribution in [3.8, 4) is 11.1 Å². The number of carbonyl (C=O) groups is 1. The van der Waals surface area contributed by atoms with E-state index < -0.39 is 0 Å². The smallest absolute Gasteiger partial charge is 0.256 e. The Hall–Kier alpha value is -2.24. The second-order valence-electron chi connectivity index (χ2n) is 7.38. The molecule has 0 saturated carbocycles. The molecule has 0 N–H and O–H groups in total. The van der Waals surface area contributed by atoms with Crippen molar-refractivity contribution in [1.82, 2.24) is 9.88 Å². The number of rotatable bonds is 4. The van der Waals surface area contributed by atoms with Gasteiger partial charge in [-0.25, -0.2) is 0 Å². The van der Waals surface area contributed by atoms with E-state index in [1.807, 2.05) is 48.2 Å². The van der Waals surface area contributed by atoms with Gasteiger partial charge >= 0.3 is 0 Å². The maximum absolute atomic E-state index is 13.4. The van der Waals surface area contributed by atoms with Crippen LogP contribution in [0.4, 0.5) is 0 Å². The number of hydrogen-bond acceptors (Lipinski definition) is 4. The first-order chi connectivity index (χ1) is 12.6. The highest BCUT2D eigenvalue weighted by atomic mass is 16.5. The number of likely N-dealkylation sites (tertiary alicyclic amines) is 1. The largest absolute Gasteiger partial charge is 0.384 e. The Morgan fingerprint density at radius 3 is 2.92 bits per heavy atom. The van der Waals surface area contributed by atoms with Crippen LogP contribution >= 0.6 is 0 Å². The Labute approximate surface area is 153 Å². The van der Waals surface area contributed by atoms with Crippen LogP contribution in [0.2, 0.25) is 0 Å². The Morgan fingerprint density at radius 2 is 2.15 bits per heavy atom. The van der Waals surface area contributed by atoms with Gasteiger partial charge < -0.3 is 14.4 Å². The molecule has 0 unspecified atom stereocenters. The zero-order valence-corrected chi connectivity index (χ0v) is 15.3. The summed E-state index contributed by atoms with van der Waals surface area (Å²) in [6.07, 6.45) is 1.77. The molecule has 136 valence electrons. The first-order valence-electron chi connectivity index (χ1n) is 9.01. The summed E-state index contributed by atoms with van der Waals surface area (Å²) in [5.74, 6) is 0.392. The zero-order valence-electron chi connectivity index (χ0n) is 15.3.